The molecule has 1 aliphatic carbocycles. The molecule has 2 atom stereocenters. The smallest absolute Gasteiger partial charge is 0.410 e. The van der Waals surface area contributed by atoms with Crippen molar-refractivity contribution in [3.63, 3.8) is 0 Å². The van der Waals surface area contributed by atoms with E-state index in [-0.39, 0.29) is 12.7 Å². The molecule has 2 unspecified atom stereocenters. The highest BCUT2D eigenvalue weighted by atomic mass is 16.6. The molecule has 2 N–H and O–H groups in total. The topological polar surface area (TPSA) is 74.2 Å². The van der Waals surface area contributed by atoms with E-state index >= 15 is 0 Å². The molecule has 1 heterocycles. The molecule has 0 saturated heterocycles. The summed E-state index contributed by atoms with van der Waals surface area (Å²) in [5.74, 6) is 1.74. The van der Waals surface area contributed by atoms with Gasteiger partial charge in [0.1, 0.15) is 11.4 Å². The fourth-order valence-electron chi connectivity index (χ4n) is 3.25. The van der Waals surface area contributed by atoms with Gasteiger partial charge < -0.3 is 15.2 Å². The lowest BCUT2D eigenvalue weighted by Crippen LogP contribution is -2.48. The van der Waals surface area contributed by atoms with E-state index in [1.54, 1.807) is 4.90 Å². The SMILES string of the molecule is CC(C)(C)OC(=O)N1CCN=C(NCC2CCCCC2CO)C1. The fraction of sp³-hybridized carbons (Fsp3) is 0.882. The predicted molar refractivity (Wildman–Crippen MR) is 90.6 cm³/mol. The van der Waals surface area contributed by atoms with Crippen LogP contribution in [0.25, 0.3) is 0 Å². The van der Waals surface area contributed by atoms with Crippen LogP contribution in [-0.4, -0.2) is 60.3 Å². The maximum Gasteiger partial charge on any atom is 0.410 e. The highest BCUT2D eigenvalue weighted by Gasteiger charge is 2.27. The summed E-state index contributed by atoms with van der Waals surface area (Å²) in [5.41, 5.74) is -0.476. The van der Waals surface area contributed by atoms with E-state index in [2.05, 4.69) is 10.3 Å². The van der Waals surface area contributed by atoms with Crippen molar-refractivity contribution in [2.75, 3.05) is 32.8 Å². The third-order valence-electron chi connectivity index (χ3n) is 4.53. The highest BCUT2D eigenvalue weighted by molar-refractivity contribution is 5.87. The molecule has 0 bridgehead atoms. The molecule has 0 radical (unpaired) electrons. The van der Waals surface area contributed by atoms with Gasteiger partial charge in [-0.1, -0.05) is 12.8 Å². The Labute approximate surface area is 139 Å². The summed E-state index contributed by atoms with van der Waals surface area (Å²) in [5, 5.41) is 12.9. The third-order valence-corrected chi connectivity index (χ3v) is 4.53. The Hall–Kier alpha value is -1.30. The van der Waals surface area contributed by atoms with Crippen LogP contribution < -0.4 is 5.32 Å². The lowest BCUT2D eigenvalue weighted by Gasteiger charge is -2.33. The summed E-state index contributed by atoms with van der Waals surface area (Å²) < 4.78 is 5.43. The van der Waals surface area contributed by atoms with Crippen LogP contribution in [0.1, 0.15) is 46.5 Å². The Morgan fingerprint density at radius 1 is 1.35 bits per heavy atom. The summed E-state index contributed by atoms with van der Waals surface area (Å²) >= 11 is 0. The van der Waals surface area contributed by atoms with Crippen molar-refractivity contribution < 1.29 is 14.6 Å². The molecule has 1 saturated carbocycles. The van der Waals surface area contributed by atoms with Gasteiger partial charge in [-0.2, -0.15) is 0 Å². The van der Waals surface area contributed by atoms with Crippen LogP contribution in [0.15, 0.2) is 4.99 Å². The number of nitrogens with one attached hydrogen (secondary N) is 1. The number of aliphatic imine (C=N–C) groups is 1. The molecule has 1 amide bonds. The second kappa shape index (κ2) is 7.99. The van der Waals surface area contributed by atoms with E-state index in [4.69, 9.17) is 4.74 Å². The first-order valence-electron chi connectivity index (χ1n) is 8.75. The largest absolute Gasteiger partial charge is 0.444 e. The molecule has 1 fully saturated rings. The van der Waals surface area contributed by atoms with E-state index in [1.165, 1.54) is 12.8 Å². The van der Waals surface area contributed by atoms with Crippen molar-refractivity contribution >= 4 is 11.9 Å². The highest BCUT2D eigenvalue weighted by Crippen LogP contribution is 2.29. The van der Waals surface area contributed by atoms with Gasteiger partial charge in [0.05, 0.1) is 13.1 Å². The van der Waals surface area contributed by atoms with Crippen molar-refractivity contribution in [3.05, 3.63) is 0 Å². The van der Waals surface area contributed by atoms with Crippen molar-refractivity contribution in [2.45, 2.75) is 52.1 Å². The monoisotopic (exact) mass is 325 g/mol. The number of rotatable bonds is 3. The van der Waals surface area contributed by atoms with Gasteiger partial charge in [0.2, 0.25) is 0 Å². The molecule has 6 heteroatoms. The number of aliphatic hydroxyl groups is 1. The van der Waals surface area contributed by atoms with Gasteiger partial charge >= 0.3 is 6.09 Å². The standard InChI is InChI=1S/C17H31N3O3/c1-17(2,3)23-16(22)20-9-8-18-15(11-20)19-10-13-6-4-5-7-14(13)12-21/h13-14,21H,4-12H2,1-3H3,(H,18,19). The predicted octanol–water partition coefficient (Wildman–Crippen LogP) is 2.02. The Morgan fingerprint density at radius 3 is 2.70 bits per heavy atom. The summed E-state index contributed by atoms with van der Waals surface area (Å²) in [6.07, 6.45) is 4.44. The zero-order valence-electron chi connectivity index (χ0n) is 14.7. The van der Waals surface area contributed by atoms with Crippen LogP contribution in [0.5, 0.6) is 0 Å². The second-order valence-electron chi connectivity index (χ2n) is 7.60. The molecular formula is C17H31N3O3. The zero-order valence-corrected chi connectivity index (χ0v) is 14.7. The molecule has 0 aromatic carbocycles. The Bertz CT molecular complexity index is 431. The second-order valence-corrected chi connectivity index (χ2v) is 7.60. The fourth-order valence-corrected chi connectivity index (χ4v) is 3.25. The minimum absolute atomic E-state index is 0.267. The number of aliphatic hydroxyl groups excluding tert-OH is 1. The van der Waals surface area contributed by atoms with E-state index in [0.717, 1.165) is 25.2 Å². The quantitative estimate of drug-likeness (QED) is 0.832. The minimum Gasteiger partial charge on any atom is -0.444 e. The molecule has 0 aromatic heterocycles. The number of nitrogens with zero attached hydrogens (tertiary/aromatic N) is 2. The molecule has 0 aromatic rings. The first-order chi connectivity index (χ1) is 10.9. The van der Waals surface area contributed by atoms with Crippen molar-refractivity contribution in [3.8, 4) is 0 Å². The Morgan fingerprint density at radius 2 is 2.04 bits per heavy atom. The summed E-state index contributed by atoms with van der Waals surface area (Å²) in [4.78, 5) is 18.3. The normalized spacial score (nSPS) is 25.7. The van der Waals surface area contributed by atoms with E-state index in [0.29, 0.717) is 31.5 Å². The average Bonchev–Trinajstić information content (AvgIpc) is 2.52. The van der Waals surface area contributed by atoms with Gasteiger partial charge in [0, 0.05) is 19.7 Å². The molecule has 132 valence electrons. The van der Waals surface area contributed by atoms with Gasteiger partial charge in [-0.25, -0.2) is 4.79 Å². The van der Waals surface area contributed by atoms with Gasteiger partial charge in [0.25, 0.3) is 0 Å². The molecule has 6 nitrogen and oxygen atoms in total. The minimum atomic E-state index is -0.476. The summed E-state index contributed by atoms with van der Waals surface area (Å²) in [6.45, 7) is 8.40. The van der Waals surface area contributed by atoms with Crippen LogP contribution in [0.2, 0.25) is 0 Å². The lowest BCUT2D eigenvalue weighted by molar-refractivity contribution is 0.0276. The van der Waals surface area contributed by atoms with Crippen LogP contribution in [0.4, 0.5) is 4.79 Å². The summed E-state index contributed by atoms with van der Waals surface area (Å²) in [6, 6.07) is 0. The number of hydrogen-bond donors (Lipinski definition) is 2. The van der Waals surface area contributed by atoms with E-state index < -0.39 is 5.60 Å². The number of carbonyl (C=O) groups is 1. The maximum absolute atomic E-state index is 12.2. The first-order valence-corrected chi connectivity index (χ1v) is 8.75. The van der Waals surface area contributed by atoms with Gasteiger partial charge in [-0.05, 0) is 45.4 Å². The maximum atomic E-state index is 12.2. The van der Waals surface area contributed by atoms with Crippen LogP contribution in [0.3, 0.4) is 0 Å². The number of carbonyl (C=O) groups excluding carboxylic acids is 1. The van der Waals surface area contributed by atoms with Crippen LogP contribution in [0, 0.1) is 11.8 Å². The zero-order chi connectivity index (χ0) is 16.9. The number of amides is 1. The molecule has 0 spiro atoms. The Kier molecular flexibility index (Phi) is 6.27. The molecule has 2 rings (SSSR count). The summed E-state index contributed by atoms with van der Waals surface area (Å²) in [7, 11) is 0. The molecule has 23 heavy (non-hydrogen) atoms. The molecule has 1 aliphatic heterocycles. The van der Waals surface area contributed by atoms with Gasteiger partial charge in [-0.15, -0.1) is 0 Å². The average molecular weight is 325 g/mol. The van der Waals surface area contributed by atoms with Gasteiger partial charge in [-0.3, -0.25) is 9.89 Å². The van der Waals surface area contributed by atoms with Crippen LogP contribution >= 0.6 is 0 Å². The number of hydrogen-bond acceptors (Lipinski definition) is 5. The molecule has 2 aliphatic rings. The van der Waals surface area contributed by atoms with E-state index in [9.17, 15) is 9.90 Å². The van der Waals surface area contributed by atoms with Crippen LogP contribution in [-0.2, 0) is 4.74 Å². The first kappa shape index (κ1) is 18.0. The van der Waals surface area contributed by atoms with Gasteiger partial charge in [0.15, 0.2) is 0 Å². The van der Waals surface area contributed by atoms with Crippen molar-refractivity contribution in [1.29, 1.82) is 0 Å². The molecular weight excluding hydrogens is 294 g/mol. The van der Waals surface area contributed by atoms with E-state index in [1.807, 2.05) is 20.8 Å². The van der Waals surface area contributed by atoms with Crippen molar-refractivity contribution in [1.82, 2.24) is 10.2 Å². The number of ether oxygens (including phenoxy) is 1. The third kappa shape index (κ3) is 5.68. The lowest BCUT2D eigenvalue weighted by atomic mass is 9.79. The Balaban J connectivity index is 1.82. The van der Waals surface area contributed by atoms with Crippen molar-refractivity contribution in [2.24, 2.45) is 16.8 Å². The number of amidine groups is 1.